The Bertz CT molecular complexity index is 1350. The van der Waals surface area contributed by atoms with E-state index in [1.54, 1.807) is 19.1 Å². The van der Waals surface area contributed by atoms with Crippen LogP contribution in [0.1, 0.15) is 29.5 Å². The second-order valence-electron chi connectivity index (χ2n) is 7.49. The smallest absolute Gasteiger partial charge is 0.336 e. The van der Waals surface area contributed by atoms with Crippen LogP contribution in [0, 0.1) is 15.9 Å². The summed E-state index contributed by atoms with van der Waals surface area (Å²) in [6.07, 6.45) is 0. The highest BCUT2D eigenvalue weighted by Crippen LogP contribution is 2.40. The molecule has 0 bridgehead atoms. The van der Waals surface area contributed by atoms with Crippen LogP contribution in [0.25, 0.3) is 0 Å². The first kappa shape index (κ1) is 23.2. The predicted molar refractivity (Wildman–Crippen MR) is 124 cm³/mol. The number of hydrogen-bond acceptors (Lipinski definition) is 8. The molecule has 1 aliphatic rings. The van der Waals surface area contributed by atoms with Gasteiger partial charge in [-0.1, -0.05) is 36.0 Å². The van der Waals surface area contributed by atoms with Gasteiger partial charge in [-0.25, -0.2) is 14.2 Å². The van der Waals surface area contributed by atoms with Crippen molar-refractivity contribution in [1.82, 2.24) is 9.97 Å². The summed E-state index contributed by atoms with van der Waals surface area (Å²) < 4.78 is 18.5. The first-order valence-electron chi connectivity index (χ1n) is 10.1. The van der Waals surface area contributed by atoms with E-state index < -0.39 is 28.2 Å². The number of rotatable bonds is 6. The number of halogens is 1. The van der Waals surface area contributed by atoms with Crippen molar-refractivity contribution in [2.24, 2.45) is 0 Å². The number of aromatic amines is 1. The van der Waals surface area contributed by atoms with Crippen LogP contribution in [0.2, 0.25) is 0 Å². The first-order valence-corrected chi connectivity index (χ1v) is 11.1. The van der Waals surface area contributed by atoms with Gasteiger partial charge in [-0.2, -0.15) is 0 Å². The number of fused-ring (bicyclic) bond motifs is 1. The van der Waals surface area contributed by atoms with Crippen molar-refractivity contribution in [1.29, 1.82) is 0 Å². The zero-order chi connectivity index (χ0) is 24.4. The Morgan fingerprint density at radius 3 is 2.50 bits per heavy atom. The molecule has 1 aromatic heterocycles. The molecular formula is C23H19FN4O5S. The Balaban J connectivity index is 1.69. The van der Waals surface area contributed by atoms with Gasteiger partial charge in [0.1, 0.15) is 11.6 Å². The molecule has 2 aromatic carbocycles. The van der Waals surface area contributed by atoms with Gasteiger partial charge in [0.05, 0.1) is 29.1 Å². The summed E-state index contributed by atoms with van der Waals surface area (Å²) in [5.74, 6) is -1.14. The molecule has 34 heavy (non-hydrogen) atoms. The fourth-order valence-electron chi connectivity index (χ4n) is 3.73. The zero-order valence-electron chi connectivity index (χ0n) is 18.1. The highest BCUT2D eigenvalue weighted by Gasteiger charge is 2.36. The fraction of sp³-hybridized carbons (Fsp3) is 0.174. The molecule has 4 rings (SSSR count). The van der Waals surface area contributed by atoms with E-state index in [2.05, 4.69) is 15.3 Å². The number of ether oxygens (including phenoxy) is 1. The summed E-state index contributed by atoms with van der Waals surface area (Å²) in [7, 11) is 1.25. The molecule has 0 radical (unpaired) electrons. The van der Waals surface area contributed by atoms with Gasteiger partial charge in [0.25, 0.3) is 11.2 Å². The molecule has 0 saturated heterocycles. The van der Waals surface area contributed by atoms with Crippen LogP contribution < -0.4 is 10.9 Å². The van der Waals surface area contributed by atoms with Gasteiger partial charge in [-0.15, -0.1) is 0 Å². The Kier molecular flexibility index (Phi) is 6.46. The lowest BCUT2D eigenvalue weighted by atomic mass is 9.82. The van der Waals surface area contributed by atoms with Crippen LogP contribution in [-0.2, 0) is 15.3 Å². The van der Waals surface area contributed by atoms with Crippen molar-refractivity contribution in [3.05, 3.63) is 103 Å². The van der Waals surface area contributed by atoms with Gasteiger partial charge < -0.3 is 15.0 Å². The number of thioether (sulfide) groups is 1. The molecule has 1 aliphatic heterocycles. The van der Waals surface area contributed by atoms with E-state index in [9.17, 15) is 24.1 Å². The maximum atomic E-state index is 13.5. The minimum Gasteiger partial charge on any atom is -0.466 e. The number of nitrogens with zero attached hydrogens (tertiary/aromatic N) is 2. The summed E-state index contributed by atoms with van der Waals surface area (Å²) in [6.45, 7) is 1.68. The minimum atomic E-state index is -0.797. The van der Waals surface area contributed by atoms with E-state index in [0.29, 0.717) is 22.2 Å². The maximum Gasteiger partial charge on any atom is 0.336 e. The van der Waals surface area contributed by atoms with Crippen LogP contribution in [-0.4, -0.2) is 28.0 Å². The fourth-order valence-corrected chi connectivity index (χ4v) is 4.55. The number of hydrogen-bond donors (Lipinski definition) is 2. The lowest BCUT2D eigenvalue weighted by Gasteiger charge is -2.28. The van der Waals surface area contributed by atoms with Crippen molar-refractivity contribution in [2.45, 2.75) is 23.8 Å². The quantitative estimate of drug-likeness (QED) is 0.177. The number of methoxy groups -OCH3 is 1. The second-order valence-corrected chi connectivity index (χ2v) is 8.45. The molecule has 3 aromatic rings. The number of nitro benzene ring substituents is 1. The van der Waals surface area contributed by atoms with Crippen molar-refractivity contribution in [3.63, 3.8) is 0 Å². The van der Waals surface area contributed by atoms with Crippen molar-refractivity contribution >= 4 is 29.2 Å². The van der Waals surface area contributed by atoms with Crippen LogP contribution >= 0.6 is 11.8 Å². The van der Waals surface area contributed by atoms with Gasteiger partial charge in [0.2, 0.25) is 0 Å². The number of nitrogens with one attached hydrogen (secondary N) is 2. The van der Waals surface area contributed by atoms with Gasteiger partial charge in [0, 0.05) is 23.6 Å². The average Bonchev–Trinajstić information content (AvgIpc) is 2.82. The van der Waals surface area contributed by atoms with Gasteiger partial charge in [-0.3, -0.25) is 14.9 Å². The molecule has 0 amide bonds. The standard InChI is InChI=1S/C23H19FN4O5S/c1-12-17(22(30)33-2)18(14-5-7-15(24)8-6-14)19-20(25-12)26-23(27-21(19)29)34-11-13-3-9-16(10-4-13)28(31)32/h3-10,18H,11H2,1-2H3,(H2,25,26,27,29). The SMILES string of the molecule is COC(=O)C1=C(C)Nc2nc(SCc3ccc([N+](=O)[O-])cc3)[nH]c(=O)c2C1c1ccc(F)cc1. The normalized spacial score (nSPS) is 14.9. The van der Waals surface area contributed by atoms with E-state index in [-0.39, 0.29) is 22.6 Å². The van der Waals surface area contributed by atoms with E-state index in [4.69, 9.17) is 4.74 Å². The summed E-state index contributed by atoms with van der Waals surface area (Å²) in [5.41, 5.74) is 1.83. The number of carbonyl (C=O) groups is 1. The summed E-state index contributed by atoms with van der Waals surface area (Å²) in [4.78, 5) is 43.3. The molecule has 174 valence electrons. The molecule has 11 heteroatoms. The summed E-state index contributed by atoms with van der Waals surface area (Å²) in [5, 5.41) is 14.2. The van der Waals surface area contributed by atoms with Gasteiger partial charge in [-0.05, 0) is 30.2 Å². The molecule has 9 nitrogen and oxygen atoms in total. The number of nitro groups is 1. The maximum absolute atomic E-state index is 13.5. The first-order chi connectivity index (χ1) is 16.3. The number of esters is 1. The van der Waals surface area contributed by atoms with Crippen LogP contribution in [0.4, 0.5) is 15.9 Å². The molecule has 1 unspecified atom stereocenters. The van der Waals surface area contributed by atoms with E-state index in [1.807, 2.05) is 0 Å². The van der Waals surface area contributed by atoms with E-state index >= 15 is 0 Å². The third-order valence-electron chi connectivity index (χ3n) is 5.35. The van der Waals surface area contributed by atoms with Crippen LogP contribution in [0.3, 0.4) is 0 Å². The molecule has 2 heterocycles. The van der Waals surface area contributed by atoms with Crippen molar-refractivity contribution in [3.8, 4) is 0 Å². The molecular weight excluding hydrogens is 463 g/mol. The molecule has 0 fully saturated rings. The Morgan fingerprint density at radius 1 is 1.21 bits per heavy atom. The average molecular weight is 482 g/mol. The van der Waals surface area contributed by atoms with Gasteiger partial charge >= 0.3 is 5.97 Å². The van der Waals surface area contributed by atoms with Crippen LogP contribution in [0.5, 0.6) is 0 Å². The molecule has 0 spiro atoms. The lowest BCUT2D eigenvalue weighted by Crippen LogP contribution is -2.31. The zero-order valence-corrected chi connectivity index (χ0v) is 18.9. The summed E-state index contributed by atoms with van der Waals surface area (Å²) >= 11 is 1.25. The number of benzene rings is 2. The molecule has 1 atom stereocenters. The van der Waals surface area contributed by atoms with Gasteiger partial charge in [0.15, 0.2) is 5.16 Å². The topological polar surface area (TPSA) is 127 Å². The number of aromatic nitrogens is 2. The molecule has 0 aliphatic carbocycles. The Labute approximate surface area is 197 Å². The Morgan fingerprint density at radius 2 is 1.88 bits per heavy atom. The highest BCUT2D eigenvalue weighted by atomic mass is 32.2. The van der Waals surface area contributed by atoms with Crippen LogP contribution in [0.15, 0.2) is 69.8 Å². The number of carbonyl (C=O) groups excluding carboxylic acids is 1. The largest absolute Gasteiger partial charge is 0.466 e. The predicted octanol–water partition coefficient (Wildman–Crippen LogP) is 4.11. The monoisotopic (exact) mass is 482 g/mol. The number of anilines is 1. The van der Waals surface area contributed by atoms with Crippen molar-refractivity contribution in [2.75, 3.05) is 12.4 Å². The molecule has 0 saturated carbocycles. The van der Waals surface area contributed by atoms with E-state index in [1.165, 1.54) is 55.3 Å². The molecule has 2 N–H and O–H groups in total. The highest BCUT2D eigenvalue weighted by molar-refractivity contribution is 7.98. The third-order valence-corrected chi connectivity index (χ3v) is 6.30. The lowest BCUT2D eigenvalue weighted by molar-refractivity contribution is -0.384. The number of allylic oxidation sites excluding steroid dienone is 1. The Hall–Kier alpha value is -3.99. The summed E-state index contributed by atoms with van der Waals surface area (Å²) in [6, 6.07) is 11.7. The third kappa shape index (κ3) is 4.55. The second kappa shape index (κ2) is 9.48. The minimum absolute atomic E-state index is 0.00577. The van der Waals surface area contributed by atoms with Crippen molar-refractivity contribution < 1.29 is 18.8 Å². The number of non-ortho nitro benzene ring substituents is 1. The number of H-pyrrole nitrogens is 1. The van der Waals surface area contributed by atoms with E-state index in [0.717, 1.165) is 5.56 Å².